The fourth-order valence-electron chi connectivity index (χ4n) is 4.08. The van der Waals surface area contributed by atoms with E-state index in [1.165, 1.54) is 11.0 Å². The second-order valence-electron chi connectivity index (χ2n) is 7.31. The molecule has 2 aromatic rings. The van der Waals surface area contributed by atoms with Crippen molar-refractivity contribution in [2.75, 3.05) is 16.8 Å². The van der Waals surface area contributed by atoms with Crippen LogP contribution in [-0.2, 0) is 9.59 Å². The monoisotopic (exact) mass is 392 g/mol. The highest BCUT2D eigenvalue weighted by atomic mass is 16.2. The van der Waals surface area contributed by atoms with Crippen LogP contribution in [0.2, 0.25) is 0 Å². The highest BCUT2D eigenvalue weighted by molar-refractivity contribution is 6.12. The quantitative estimate of drug-likeness (QED) is 0.825. The van der Waals surface area contributed by atoms with Crippen LogP contribution in [0.3, 0.4) is 0 Å². The summed E-state index contributed by atoms with van der Waals surface area (Å²) in [6.45, 7) is 1.52. The fraction of sp³-hybridized carbons (Fsp3) is 0.238. The minimum Gasteiger partial charge on any atom is -0.366 e. The molecule has 0 saturated carbocycles. The SMILES string of the molecule is C[C@]12CCC(=O)N1c1ccccc1C(=O)N2CC(=O)Nc1ccccc1C(N)=O. The van der Waals surface area contributed by atoms with Crippen molar-refractivity contribution in [2.24, 2.45) is 5.73 Å². The van der Waals surface area contributed by atoms with Crippen LogP contribution >= 0.6 is 0 Å². The topological polar surface area (TPSA) is 113 Å². The first-order valence-electron chi connectivity index (χ1n) is 9.25. The Kier molecular flexibility index (Phi) is 4.34. The van der Waals surface area contributed by atoms with Gasteiger partial charge in [0.25, 0.3) is 11.8 Å². The van der Waals surface area contributed by atoms with Gasteiger partial charge in [0, 0.05) is 6.42 Å². The van der Waals surface area contributed by atoms with Gasteiger partial charge < -0.3 is 16.0 Å². The zero-order chi connectivity index (χ0) is 20.8. The molecule has 2 aliphatic heterocycles. The summed E-state index contributed by atoms with van der Waals surface area (Å²) in [5.74, 6) is -1.54. The average molecular weight is 392 g/mol. The van der Waals surface area contributed by atoms with Gasteiger partial charge in [-0.25, -0.2) is 0 Å². The van der Waals surface area contributed by atoms with Crippen molar-refractivity contribution in [1.82, 2.24) is 4.90 Å². The highest BCUT2D eigenvalue weighted by Gasteiger charge is 2.53. The van der Waals surface area contributed by atoms with Crippen LogP contribution in [-0.4, -0.2) is 40.7 Å². The molecular weight excluding hydrogens is 372 g/mol. The van der Waals surface area contributed by atoms with E-state index in [2.05, 4.69) is 5.32 Å². The van der Waals surface area contributed by atoms with Gasteiger partial charge >= 0.3 is 0 Å². The number of carbonyl (C=O) groups is 4. The first-order chi connectivity index (χ1) is 13.8. The summed E-state index contributed by atoms with van der Waals surface area (Å²) < 4.78 is 0. The lowest BCUT2D eigenvalue weighted by molar-refractivity contribution is -0.120. The number of fused-ring (bicyclic) bond motifs is 3. The normalized spacial score (nSPS) is 20.3. The van der Waals surface area contributed by atoms with Crippen molar-refractivity contribution in [3.8, 4) is 0 Å². The third-order valence-corrected chi connectivity index (χ3v) is 5.51. The molecule has 4 amide bonds. The van der Waals surface area contributed by atoms with Gasteiger partial charge in [0.15, 0.2) is 0 Å². The van der Waals surface area contributed by atoms with E-state index < -0.39 is 17.5 Å². The maximum absolute atomic E-state index is 13.2. The molecule has 0 unspecified atom stereocenters. The van der Waals surface area contributed by atoms with Crippen molar-refractivity contribution in [3.05, 3.63) is 59.7 Å². The molecule has 8 nitrogen and oxygen atoms in total. The molecule has 3 N–H and O–H groups in total. The summed E-state index contributed by atoms with van der Waals surface area (Å²) in [6, 6.07) is 13.3. The standard InChI is InChI=1S/C21H20N4O4/c1-21-11-10-18(27)25(21)16-9-5-3-7-14(16)20(29)24(21)12-17(26)23-15-8-4-2-6-13(15)19(22)28/h2-9H,10-12H2,1H3,(H2,22,28)(H,23,26)/t21-/m1/s1. The van der Waals surface area contributed by atoms with Gasteiger partial charge in [-0.1, -0.05) is 24.3 Å². The zero-order valence-corrected chi connectivity index (χ0v) is 15.8. The maximum Gasteiger partial charge on any atom is 0.258 e. The Balaban J connectivity index is 1.65. The Morgan fingerprint density at radius 2 is 1.79 bits per heavy atom. The van der Waals surface area contributed by atoms with Crippen LogP contribution in [0.15, 0.2) is 48.5 Å². The van der Waals surface area contributed by atoms with Crippen molar-refractivity contribution in [3.63, 3.8) is 0 Å². The minimum absolute atomic E-state index is 0.0862. The van der Waals surface area contributed by atoms with Gasteiger partial charge in [-0.05, 0) is 37.6 Å². The molecule has 2 aliphatic rings. The lowest BCUT2D eigenvalue weighted by Crippen LogP contribution is -2.63. The van der Waals surface area contributed by atoms with Crippen LogP contribution in [0.1, 0.15) is 40.5 Å². The molecule has 1 atom stereocenters. The molecule has 2 aromatic carbocycles. The summed E-state index contributed by atoms with van der Waals surface area (Å²) in [6.07, 6.45) is 0.720. The molecule has 29 heavy (non-hydrogen) atoms. The van der Waals surface area contributed by atoms with E-state index in [1.807, 2.05) is 0 Å². The molecule has 2 heterocycles. The molecule has 1 saturated heterocycles. The van der Waals surface area contributed by atoms with E-state index in [0.29, 0.717) is 24.1 Å². The van der Waals surface area contributed by atoms with E-state index >= 15 is 0 Å². The van der Waals surface area contributed by atoms with E-state index in [0.717, 1.165) is 0 Å². The van der Waals surface area contributed by atoms with E-state index in [1.54, 1.807) is 54.3 Å². The second kappa shape index (κ2) is 6.73. The van der Waals surface area contributed by atoms with E-state index in [9.17, 15) is 19.2 Å². The molecule has 0 aliphatic carbocycles. The Bertz CT molecular complexity index is 1050. The maximum atomic E-state index is 13.2. The first-order valence-corrected chi connectivity index (χ1v) is 9.25. The fourth-order valence-corrected chi connectivity index (χ4v) is 4.08. The number of benzene rings is 2. The smallest absolute Gasteiger partial charge is 0.258 e. The molecule has 0 aromatic heterocycles. The van der Waals surface area contributed by atoms with Crippen LogP contribution in [0, 0.1) is 0 Å². The Morgan fingerprint density at radius 3 is 2.55 bits per heavy atom. The summed E-state index contributed by atoms with van der Waals surface area (Å²) in [4.78, 5) is 53.1. The Hall–Kier alpha value is -3.68. The van der Waals surface area contributed by atoms with Gasteiger partial charge in [-0.2, -0.15) is 0 Å². The van der Waals surface area contributed by atoms with Crippen molar-refractivity contribution >= 4 is 35.0 Å². The van der Waals surface area contributed by atoms with Crippen LogP contribution < -0.4 is 16.0 Å². The van der Waals surface area contributed by atoms with Crippen molar-refractivity contribution < 1.29 is 19.2 Å². The molecule has 1 fully saturated rings. The average Bonchev–Trinajstić information content (AvgIpc) is 3.01. The number of nitrogens with zero attached hydrogens (tertiary/aromatic N) is 2. The number of amides is 4. The van der Waals surface area contributed by atoms with Gasteiger partial charge in [0.05, 0.1) is 22.5 Å². The van der Waals surface area contributed by atoms with Crippen LogP contribution in [0.4, 0.5) is 11.4 Å². The molecular formula is C21H20N4O4. The Labute approximate surface area is 167 Å². The third kappa shape index (κ3) is 2.93. The van der Waals surface area contributed by atoms with E-state index in [4.69, 9.17) is 5.73 Å². The second-order valence-corrected chi connectivity index (χ2v) is 7.31. The first kappa shape index (κ1) is 18.7. The number of anilines is 2. The number of hydrogen-bond donors (Lipinski definition) is 2. The molecule has 148 valence electrons. The molecule has 0 radical (unpaired) electrons. The minimum atomic E-state index is -0.928. The summed E-state index contributed by atoms with van der Waals surface area (Å²) in [5, 5.41) is 2.65. The summed E-state index contributed by atoms with van der Waals surface area (Å²) in [7, 11) is 0. The number of nitrogens with two attached hydrogens (primary N) is 1. The summed E-state index contributed by atoms with van der Waals surface area (Å²) >= 11 is 0. The van der Waals surface area contributed by atoms with Gasteiger partial charge in [0.1, 0.15) is 12.2 Å². The predicted molar refractivity (Wildman–Crippen MR) is 106 cm³/mol. The number of para-hydroxylation sites is 2. The van der Waals surface area contributed by atoms with Gasteiger partial charge in [0.2, 0.25) is 11.8 Å². The third-order valence-electron chi connectivity index (χ3n) is 5.51. The van der Waals surface area contributed by atoms with Crippen LogP contribution in [0.5, 0.6) is 0 Å². The number of carbonyl (C=O) groups excluding carboxylic acids is 4. The zero-order valence-electron chi connectivity index (χ0n) is 15.8. The van der Waals surface area contributed by atoms with Crippen molar-refractivity contribution in [2.45, 2.75) is 25.4 Å². The Morgan fingerprint density at radius 1 is 1.10 bits per heavy atom. The molecule has 4 rings (SSSR count). The molecule has 8 heteroatoms. The van der Waals surface area contributed by atoms with Gasteiger partial charge in [-0.15, -0.1) is 0 Å². The lowest BCUT2D eigenvalue weighted by atomic mass is 9.98. The summed E-state index contributed by atoms with van der Waals surface area (Å²) in [5.41, 5.74) is 5.84. The lowest BCUT2D eigenvalue weighted by Gasteiger charge is -2.48. The number of hydrogen-bond acceptors (Lipinski definition) is 4. The largest absolute Gasteiger partial charge is 0.366 e. The number of primary amides is 1. The molecule has 0 bridgehead atoms. The molecule has 0 spiro atoms. The number of rotatable bonds is 4. The van der Waals surface area contributed by atoms with Gasteiger partial charge in [-0.3, -0.25) is 24.1 Å². The predicted octanol–water partition coefficient (Wildman–Crippen LogP) is 1.72. The van der Waals surface area contributed by atoms with E-state index in [-0.39, 0.29) is 29.6 Å². The van der Waals surface area contributed by atoms with Crippen molar-refractivity contribution in [1.29, 1.82) is 0 Å². The number of nitrogens with one attached hydrogen (secondary N) is 1. The van der Waals surface area contributed by atoms with Crippen LogP contribution in [0.25, 0.3) is 0 Å². The highest BCUT2D eigenvalue weighted by Crippen LogP contribution is 2.43.